The topological polar surface area (TPSA) is 29.1 Å². The first-order valence-electron chi connectivity index (χ1n) is 7.52. The molecule has 1 aliphatic rings. The second kappa shape index (κ2) is 6.13. The van der Waals surface area contributed by atoms with Crippen molar-refractivity contribution in [2.45, 2.75) is 31.0 Å². The first kappa shape index (κ1) is 16.8. The van der Waals surface area contributed by atoms with Gasteiger partial charge in [-0.25, -0.2) is 0 Å². The number of carbonyl (C=O) groups excluding carboxylic acids is 1. The maximum Gasteiger partial charge on any atom is 0.416 e. The minimum absolute atomic E-state index is 0.0841. The van der Waals surface area contributed by atoms with Crippen LogP contribution in [0.5, 0.6) is 0 Å². The highest BCUT2D eigenvalue weighted by Gasteiger charge is 2.45. The molecule has 0 aliphatic heterocycles. The molecule has 0 spiro atoms. The van der Waals surface area contributed by atoms with Crippen LogP contribution in [-0.2, 0) is 22.9 Å². The van der Waals surface area contributed by atoms with Crippen molar-refractivity contribution in [2.24, 2.45) is 0 Å². The van der Waals surface area contributed by atoms with Gasteiger partial charge in [0.25, 0.3) is 0 Å². The first-order valence-corrected chi connectivity index (χ1v) is 7.89. The van der Waals surface area contributed by atoms with Gasteiger partial charge >= 0.3 is 6.18 Å². The Bertz CT molecular complexity index is 752. The highest BCUT2D eigenvalue weighted by molar-refractivity contribution is 6.30. The van der Waals surface area contributed by atoms with Crippen LogP contribution in [0.15, 0.2) is 48.5 Å². The number of halogens is 4. The zero-order valence-corrected chi connectivity index (χ0v) is 13.4. The maximum absolute atomic E-state index is 12.7. The van der Waals surface area contributed by atoms with E-state index >= 15 is 0 Å². The quantitative estimate of drug-likeness (QED) is 0.847. The largest absolute Gasteiger partial charge is 0.416 e. The molecule has 2 nitrogen and oxygen atoms in total. The van der Waals surface area contributed by atoms with Gasteiger partial charge in [-0.3, -0.25) is 4.79 Å². The number of nitrogens with one attached hydrogen (secondary N) is 1. The number of rotatable bonds is 4. The highest BCUT2D eigenvalue weighted by atomic mass is 35.5. The highest BCUT2D eigenvalue weighted by Crippen LogP contribution is 2.45. The summed E-state index contributed by atoms with van der Waals surface area (Å²) in [5, 5.41) is 3.56. The summed E-state index contributed by atoms with van der Waals surface area (Å²) in [5.41, 5.74) is 0.147. The number of carbonyl (C=O) groups is 1. The van der Waals surface area contributed by atoms with Gasteiger partial charge in [0.05, 0.1) is 17.5 Å². The summed E-state index contributed by atoms with van der Waals surface area (Å²) >= 11 is 5.87. The van der Waals surface area contributed by atoms with Crippen LogP contribution in [0.2, 0.25) is 5.02 Å². The normalized spacial score (nSPS) is 15.8. The van der Waals surface area contributed by atoms with E-state index < -0.39 is 17.3 Å². The van der Waals surface area contributed by atoms with Crippen molar-refractivity contribution >= 4 is 17.5 Å². The first-order chi connectivity index (χ1) is 11.3. The molecule has 0 radical (unpaired) electrons. The van der Waals surface area contributed by atoms with Crippen LogP contribution in [0.25, 0.3) is 0 Å². The lowest BCUT2D eigenvalue weighted by molar-refractivity contribution is -0.137. The van der Waals surface area contributed by atoms with Crippen LogP contribution in [0.1, 0.15) is 29.5 Å². The molecule has 1 aliphatic carbocycles. The van der Waals surface area contributed by atoms with Crippen LogP contribution in [0.3, 0.4) is 0 Å². The summed E-state index contributed by atoms with van der Waals surface area (Å²) in [6, 6.07) is 12.1. The minimum Gasteiger partial charge on any atom is -0.346 e. The molecule has 1 N–H and O–H groups in total. The maximum atomic E-state index is 12.7. The molecule has 6 heteroatoms. The molecule has 0 unspecified atom stereocenters. The Hall–Kier alpha value is -2.01. The molecule has 2 aromatic rings. The summed E-state index contributed by atoms with van der Waals surface area (Å²) in [4.78, 5) is 12.3. The van der Waals surface area contributed by atoms with Gasteiger partial charge in [-0.05, 0) is 42.2 Å². The molecule has 126 valence electrons. The lowest BCUT2D eigenvalue weighted by Gasteiger charge is -2.18. The summed E-state index contributed by atoms with van der Waals surface area (Å²) in [6.45, 7) is 0. The molecule has 2 aromatic carbocycles. The summed E-state index contributed by atoms with van der Waals surface area (Å²) < 4.78 is 38.2. The van der Waals surface area contributed by atoms with E-state index in [0.29, 0.717) is 10.6 Å². The van der Waals surface area contributed by atoms with Crippen LogP contribution in [0.4, 0.5) is 13.2 Å². The van der Waals surface area contributed by atoms with E-state index in [0.717, 1.165) is 30.5 Å². The summed E-state index contributed by atoms with van der Waals surface area (Å²) in [6.07, 6.45) is -2.88. The molecular formula is C18H15ClF3NO. The van der Waals surface area contributed by atoms with Gasteiger partial charge in [-0.1, -0.05) is 41.9 Å². The molecule has 0 saturated heterocycles. The second-order valence-corrected chi connectivity index (χ2v) is 6.45. The van der Waals surface area contributed by atoms with Gasteiger partial charge in [0.15, 0.2) is 0 Å². The Morgan fingerprint density at radius 2 is 1.79 bits per heavy atom. The number of hydrogen-bond acceptors (Lipinski definition) is 1. The third-order valence-corrected chi connectivity index (χ3v) is 4.40. The van der Waals surface area contributed by atoms with Crippen molar-refractivity contribution in [1.29, 1.82) is 0 Å². The summed E-state index contributed by atoms with van der Waals surface area (Å²) in [5.74, 6) is -0.290. The van der Waals surface area contributed by atoms with Crippen molar-refractivity contribution in [1.82, 2.24) is 5.32 Å². The van der Waals surface area contributed by atoms with Gasteiger partial charge in [-0.2, -0.15) is 13.2 Å². The molecule has 0 aromatic heterocycles. The average molecular weight is 354 g/mol. The van der Waals surface area contributed by atoms with E-state index in [9.17, 15) is 18.0 Å². The van der Waals surface area contributed by atoms with Gasteiger partial charge < -0.3 is 5.32 Å². The van der Waals surface area contributed by atoms with E-state index in [2.05, 4.69) is 5.32 Å². The minimum atomic E-state index is -4.41. The van der Waals surface area contributed by atoms with Crippen molar-refractivity contribution in [2.75, 3.05) is 0 Å². The summed E-state index contributed by atoms with van der Waals surface area (Å²) in [7, 11) is 0. The molecule has 1 fully saturated rings. The third kappa shape index (κ3) is 3.73. The lowest BCUT2D eigenvalue weighted by Crippen LogP contribution is -2.35. The third-order valence-electron chi connectivity index (χ3n) is 4.14. The Kier molecular flexibility index (Phi) is 4.30. The van der Waals surface area contributed by atoms with E-state index in [1.807, 2.05) is 12.1 Å². The molecule has 24 heavy (non-hydrogen) atoms. The van der Waals surface area contributed by atoms with Gasteiger partial charge in [0.1, 0.15) is 0 Å². The standard InChI is InChI=1S/C18H15ClF3NO/c19-15-6-4-13(5-7-15)17(8-9-17)23-16(24)11-12-2-1-3-14(10-12)18(20,21)22/h1-7,10H,8-9,11H2,(H,23,24). The molecule has 0 atom stereocenters. The zero-order chi connectivity index (χ0) is 17.4. The Labute approximate surface area is 142 Å². The Morgan fingerprint density at radius 3 is 2.38 bits per heavy atom. The van der Waals surface area contributed by atoms with Crippen molar-refractivity contribution in [3.05, 3.63) is 70.2 Å². The van der Waals surface area contributed by atoms with Crippen molar-refractivity contribution in [3.8, 4) is 0 Å². The zero-order valence-electron chi connectivity index (χ0n) is 12.7. The predicted octanol–water partition coefficient (Wildman–Crippen LogP) is 4.71. The van der Waals surface area contributed by atoms with Crippen LogP contribution < -0.4 is 5.32 Å². The molecule has 0 bridgehead atoms. The molecule has 1 amide bonds. The van der Waals surface area contributed by atoms with Gasteiger partial charge in [-0.15, -0.1) is 0 Å². The van der Waals surface area contributed by atoms with E-state index in [-0.39, 0.29) is 12.3 Å². The SMILES string of the molecule is O=C(Cc1cccc(C(F)(F)F)c1)NC1(c2ccc(Cl)cc2)CC1. The van der Waals surface area contributed by atoms with E-state index in [1.54, 1.807) is 12.1 Å². The number of benzene rings is 2. The second-order valence-electron chi connectivity index (χ2n) is 6.01. The number of alkyl halides is 3. The molecular weight excluding hydrogens is 339 g/mol. The van der Waals surface area contributed by atoms with E-state index in [1.165, 1.54) is 12.1 Å². The predicted molar refractivity (Wildman–Crippen MR) is 85.7 cm³/mol. The fourth-order valence-electron chi connectivity index (χ4n) is 2.73. The van der Waals surface area contributed by atoms with Crippen LogP contribution in [-0.4, -0.2) is 5.91 Å². The Morgan fingerprint density at radius 1 is 1.12 bits per heavy atom. The number of hydrogen-bond donors (Lipinski definition) is 1. The smallest absolute Gasteiger partial charge is 0.346 e. The molecule has 3 rings (SSSR count). The number of amides is 1. The molecule has 1 saturated carbocycles. The molecule has 0 heterocycles. The fourth-order valence-corrected chi connectivity index (χ4v) is 2.86. The monoisotopic (exact) mass is 353 g/mol. The van der Waals surface area contributed by atoms with Gasteiger partial charge in [0.2, 0.25) is 5.91 Å². The lowest BCUT2D eigenvalue weighted by atomic mass is 10.0. The van der Waals surface area contributed by atoms with Crippen molar-refractivity contribution < 1.29 is 18.0 Å². The van der Waals surface area contributed by atoms with Gasteiger partial charge in [0, 0.05) is 5.02 Å². The van der Waals surface area contributed by atoms with Crippen molar-refractivity contribution in [3.63, 3.8) is 0 Å². The van der Waals surface area contributed by atoms with Crippen LogP contribution in [0, 0.1) is 0 Å². The van der Waals surface area contributed by atoms with Crippen LogP contribution >= 0.6 is 11.6 Å². The fraction of sp³-hybridized carbons (Fsp3) is 0.278. The average Bonchev–Trinajstić information content (AvgIpc) is 3.27. The Balaban J connectivity index is 1.69. The van der Waals surface area contributed by atoms with E-state index in [4.69, 9.17) is 11.6 Å².